The van der Waals surface area contributed by atoms with Gasteiger partial charge in [-0.2, -0.15) is 0 Å². The highest BCUT2D eigenvalue weighted by molar-refractivity contribution is 5.78. The van der Waals surface area contributed by atoms with Gasteiger partial charge in [-0.25, -0.2) is 0 Å². The lowest BCUT2D eigenvalue weighted by Gasteiger charge is -2.30. The van der Waals surface area contributed by atoms with Crippen molar-refractivity contribution in [2.45, 2.75) is 51.6 Å². The summed E-state index contributed by atoms with van der Waals surface area (Å²) < 4.78 is 0. The first-order valence-electron chi connectivity index (χ1n) is 9.99. The van der Waals surface area contributed by atoms with Crippen molar-refractivity contribution in [3.8, 4) is 0 Å². The third-order valence-electron chi connectivity index (χ3n) is 5.76. The maximum Gasteiger partial charge on any atom is 0.234 e. The standard InChI is InChI=1S/C21H33N3O/c1-18-8-5-6-11-20(18)22-21(25)17-24-13-7-12-23(14-15-24)16-19-9-3-2-4-10-19/h2-4,9-10,18,20H,5-8,11-17H2,1H3,(H,22,25)/t18-,20-/m0/s1. The number of benzene rings is 1. The van der Waals surface area contributed by atoms with Crippen LogP contribution in [0.1, 0.15) is 44.6 Å². The Kier molecular flexibility index (Phi) is 6.88. The van der Waals surface area contributed by atoms with Crippen LogP contribution in [0, 0.1) is 5.92 Å². The van der Waals surface area contributed by atoms with Crippen LogP contribution in [0.5, 0.6) is 0 Å². The quantitative estimate of drug-likeness (QED) is 0.893. The van der Waals surface area contributed by atoms with E-state index in [0.29, 0.717) is 18.5 Å². The maximum atomic E-state index is 12.4. The van der Waals surface area contributed by atoms with Crippen LogP contribution in [-0.4, -0.2) is 54.5 Å². The minimum atomic E-state index is 0.218. The molecule has 4 heteroatoms. The molecule has 0 spiro atoms. The van der Waals surface area contributed by atoms with Gasteiger partial charge in [-0.15, -0.1) is 0 Å². The van der Waals surface area contributed by atoms with Gasteiger partial charge in [-0.1, -0.05) is 50.1 Å². The lowest BCUT2D eigenvalue weighted by Crippen LogP contribution is -2.46. The van der Waals surface area contributed by atoms with Crippen molar-refractivity contribution in [1.82, 2.24) is 15.1 Å². The van der Waals surface area contributed by atoms with Gasteiger partial charge < -0.3 is 5.32 Å². The van der Waals surface area contributed by atoms with E-state index in [0.717, 1.165) is 45.6 Å². The van der Waals surface area contributed by atoms with Gasteiger partial charge in [0, 0.05) is 25.7 Å². The molecule has 2 fully saturated rings. The van der Waals surface area contributed by atoms with E-state index >= 15 is 0 Å². The predicted octanol–water partition coefficient (Wildman–Crippen LogP) is 2.89. The SMILES string of the molecule is C[C@H]1CCCC[C@@H]1NC(=O)CN1CCCN(Cc2ccccc2)CC1. The second kappa shape index (κ2) is 9.35. The average Bonchev–Trinajstić information content (AvgIpc) is 2.83. The molecule has 2 aliphatic rings. The van der Waals surface area contributed by atoms with E-state index in [2.05, 4.69) is 52.4 Å². The number of amides is 1. The topological polar surface area (TPSA) is 35.6 Å². The molecule has 0 radical (unpaired) electrons. The third-order valence-corrected chi connectivity index (χ3v) is 5.76. The highest BCUT2D eigenvalue weighted by Gasteiger charge is 2.24. The second-order valence-electron chi connectivity index (χ2n) is 7.83. The molecule has 0 aromatic heterocycles. The molecule has 4 nitrogen and oxygen atoms in total. The summed E-state index contributed by atoms with van der Waals surface area (Å²) in [5, 5.41) is 3.29. The predicted molar refractivity (Wildman–Crippen MR) is 102 cm³/mol. The zero-order chi connectivity index (χ0) is 17.5. The van der Waals surface area contributed by atoms with E-state index in [1.807, 2.05) is 0 Å². The van der Waals surface area contributed by atoms with Crippen LogP contribution in [0.15, 0.2) is 30.3 Å². The Hall–Kier alpha value is -1.39. The van der Waals surface area contributed by atoms with Crippen LogP contribution in [0.2, 0.25) is 0 Å². The molecule has 1 saturated carbocycles. The first-order valence-corrected chi connectivity index (χ1v) is 9.99. The summed E-state index contributed by atoms with van der Waals surface area (Å²) in [6.07, 6.45) is 6.12. The largest absolute Gasteiger partial charge is 0.352 e. The van der Waals surface area contributed by atoms with E-state index in [1.54, 1.807) is 0 Å². The molecule has 1 heterocycles. The molecule has 2 atom stereocenters. The van der Waals surface area contributed by atoms with Gasteiger partial charge in [0.2, 0.25) is 5.91 Å². The molecule has 1 amide bonds. The average molecular weight is 344 g/mol. The van der Waals surface area contributed by atoms with E-state index in [9.17, 15) is 4.79 Å². The van der Waals surface area contributed by atoms with Crippen molar-refractivity contribution >= 4 is 5.91 Å². The lowest BCUT2D eigenvalue weighted by atomic mass is 9.86. The zero-order valence-corrected chi connectivity index (χ0v) is 15.6. The Morgan fingerprint density at radius 3 is 2.52 bits per heavy atom. The fraction of sp³-hybridized carbons (Fsp3) is 0.667. The number of hydrogen-bond donors (Lipinski definition) is 1. The van der Waals surface area contributed by atoms with Gasteiger partial charge >= 0.3 is 0 Å². The summed E-state index contributed by atoms with van der Waals surface area (Å²) in [6, 6.07) is 11.1. The van der Waals surface area contributed by atoms with Crippen LogP contribution < -0.4 is 5.32 Å². The van der Waals surface area contributed by atoms with Crippen molar-refractivity contribution in [1.29, 1.82) is 0 Å². The number of nitrogens with zero attached hydrogens (tertiary/aromatic N) is 2. The Bertz CT molecular complexity index is 533. The molecule has 0 bridgehead atoms. The second-order valence-corrected chi connectivity index (χ2v) is 7.83. The molecule has 1 saturated heterocycles. The Labute approximate surface area is 152 Å². The van der Waals surface area contributed by atoms with Crippen molar-refractivity contribution in [3.63, 3.8) is 0 Å². The Balaban J connectivity index is 1.42. The number of nitrogens with one attached hydrogen (secondary N) is 1. The molecule has 138 valence electrons. The first kappa shape index (κ1) is 18.4. The van der Waals surface area contributed by atoms with E-state index in [4.69, 9.17) is 0 Å². The van der Waals surface area contributed by atoms with Crippen LogP contribution >= 0.6 is 0 Å². The normalized spacial score (nSPS) is 26.1. The van der Waals surface area contributed by atoms with Gasteiger partial charge in [0.25, 0.3) is 0 Å². The molecule has 1 aliphatic heterocycles. The molecule has 1 aromatic rings. The fourth-order valence-corrected chi connectivity index (χ4v) is 4.17. The van der Waals surface area contributed by atoms with Gasteiger partial charge in [0.1, 0.15) is 0 Å². The van der Waals surface area contributed by atoms with Gasteiger partial charge in [-0.3, -0.25) is 14.6 Å². The van der Waals surface area contributed by atoms with Crippen molar-refractivity contribution in [2.24, 2.45) is 5.92 Å². The molecule has 0 unspecified atom stereocenters. The minimum Gasteiger partial charge on any atom is -0.352 e. The molecule has 25 heavy (non-hydrogen) atoms. The third kappa shape index (κ3) is 5.82. The van der Waals surface area contributed by atoms with Crippen LogP contribution in [0.4, 0.5) is 0 Å². The molecular formula is C21H33N3O. The van der Waals surface area contributed by atoms with Crippen molar-refractivity contribution < 1.29 is 4.79 Å². The van der Waals surface area contributed by atoms with E-state index in [-0.39, 0.29) is 5.91 Å². The molecule has 1 aromatic carbocycles. The lowest BCUT2D eigenvalue weighted by molar-refractivity contribution is -0.123. The first-order chi connectivity index (χ1) is 12.2. The molecular weight excluding hydrogens is 310 g/mol. The molecule has 1 N–H and O–H groups in total. The number of carbonyl (C=O) groups is 1. The summed E-state index contributed by atoms with van der Waals surface area (Å²) >= 11 is 0. The van der Waals surface area contributed by atoms with Crippen molar-refractivity contribution in [3.05, 3.63) is 35.9 Å². The highest BCUT2D eigenvalue weighted by atomic mass is 16.2. The summed E-state index contributed by atoms with van der Waals surface area (Å²) in [6.45, 7) is 8.02. The Morgan fingerprint density at radius 1 is 1.00 bits per heavy atom. The van der Waals surface area contributed by atoms with Crippen molar-refractivity contribution in [2.75, 3.05) is 32.7 Å². The van der Waals surface area contributed by atoms with Gasteiger partial charge in [0.15, 0.2) is 0 Å². The fourth-order valence-electron chi connectivity index (χ4n) is 4.17. The number of hydrogen-bond acceptors (Lipinski definition) is 3. The monoisotopic (exact) mass is 343 g/mol. The number of carbonyl (C=O) groups excluding carboxylic acids is 1. The highest BCUT2D eigenvalue weighted by Crippen LogP contribution is 2.23. The maximum absolute atomic E-state index is 12.4. The van der Waals surface area contributed by atoms with E-state index < -0.39 is 0 Å². The summed E-state index contributed by atoms with van der Waals surface area (Å²) in [4.78, 5) is 17.3. The Morgan fingerprint density at radius 2 is 1.72 bits per heavy atom. The smallest absolute Gasteiger partial charge is 0.234 e. The molecule has 1 aliphatic carbocycles. The van der Waals surface area contributed by atoms with Gasteiger partial charge in [-0.05, 0) is 43.8 Å². The minimum absolute atomic E-state index is 0.218. The van der Waals surface area contributed by atoms with Crippen LogP contribution in [-0.2, 0) is 11.3 Å². The summed E-state index contributed by atoms with van der Waals surface area (Å²) in [5.74, 6) is 0.846. The molecule has 3 rings (SSSR count). The van der Waals surface area contributed by atoms with Crippen LogP contribution in [0.3, 0.4) is 0 Å². The zero-order valence-electron chi connectivity index (χ0n) is 15.6. The van der Waals surface area contributed by atoms with E-state index in [1.165, 1.54) is 24.8 Å². The van der Waals surface area contributed by atoms with Crippen LogP contribution in [0.25, 0.3) is 0 Å². The summed E-state index contributed by atoms with van der Waals surface area (Å²) in [5.41, 5.74) is 1.37. The number of rotatable bonds is 5. The van der Waals surface area contributed by atoms with Gasteiger partial charge in [0.05, 0.1) is 6.54 Å². The summed E-state index contributed by atoms with van der Waals surface area (Å²) in [7, 11) is 0.